The first kappa shape index (κ1) is 19.5. The zero-order chi connectivity index (χ0) is 18.8. The fourth-order valence-electron chi connectivity index (χ4n) is 1.84. The van der Waals surface area contributed by atoms with Gasteiger partial charge >= 0.3 is 6.18 Å². The Kier molecular flexibility index (Phi) is 5.95. The second-order valence-corrected chi connectivity index (χ2v) is 6.84. The van der Waals surface area contributed by atoms with Crippen LogP contribution in [0, 0.1) is 11.6 Å². The minimum absolute atomic E-state index is 0.0497. The number of carbonyl (C=O) groups excluding carboxylic acids is 1. The van der Waals surface area contributed by atoms with Gasteiger partial charge in [0.15, 0.2) is 11.6 Å². The lowest BCUT2D eigenvalue weighted by atomic mass is 10.2. The van der Waals surface area contributed by atoms with Gasteiger partial charge in [-0.1, -0.05) is 11.6 Å². The number of nitrogens with one attached hydrogen (secondary N) is 1. The monoisotopic (exact) mass is 395 g/mol. The van der Waals surface area contributed by atoms with E-state index in [9.17, 15) is 26.7 Å². The highest BCUT2D eigenvalue weighted by Crippen LogP contribution is 2.34. The summed E-state index contributed by atoms with van der Waals surface area (Å²) in [5.41, 5.74) is -1.13. The molecule has 2 aromatic rings. The zero-order valence-electron chi connectivity index (χ0n) is 12.6. The second-order valence-electron chi connectivity index (χ2n) is 5.02. The molecule has 0 aliphatic rings. The molecule has 0 spiro atoms. The van der Waals surface area contributed by atoms with Crippen LogP contribution in [0.5, 0.6) is 0 Å². The smallest absolute Gasteiger partial charge is 0.324 e. The number of thioether (sulfide) groups is 1. The topological polar surface area (TPSA) is 29.1 Å². The molecule has 0 radical (unpaired) electrons. The summed E-state index contributed by atoms with van der Waals surface area (Å²) in [6.45, 7) is 1.47. The van der Waals surface area contributed by atoms with Crippen LogP contribution >= 0.6 is 23.4 Å². The van der Waals surface area contributed by atoms with E-state index >= 15 is 0 Å². The Balaban J connectivity index is 2.12. The zero-order valence-corrected chi connectivity index (χ0v) is 14.2. The quantitative estimate of drug-likeness (QED) is 0.527. The number of alkyl halides is 3. The van der Waals surface area contributed by atoms with Crippen LogP contribution in [0.3, 0.4) is 0 Å². The van der Waals surface area contributed by atoms with Gasteiger partial charge in [-0.15, -0.1) is 11.8 Å². The molecule has 0 bridgehead atoms. The highest BCUT2D eigenvalue weighted by molar-refractivity contribution is 8.00. The van der Waals surface area contributed by atoms with Crippen molar-refractivity contribution >= 4 is 35.0 Å². The van der Waals surface area contributed by atoms with Crippen molar-refractivity contribution < 1.29 is 26.7 Å². The van der Waals surface area contributed by atoms with Crippen LogP contribution in [0.15, 0.2) is 41.3 Å². The lowest BCUT2D eigenvalue weighted by Gasteiger charge is -2.15. The van der Waals surface area contributed by atoms with E-state index in [1.54, 1.807) is 0 Å². The van der Waals surface area contributed by atoms with Crippen molar-refractivity contribution in [3.05, 3.63) is 58.6 Å². The summed E-state index contributed by atoms with van der Waals surface area (Å²) in [6.07, 6.45) is -4.57. The Bertz CT molecular complexity index is 797. The number of carbonyl (C=O) groups is 1. The van der Waals surface area contributed by atoms with Crippen molar-refractivity contribution in [1.82, 2.24) is 0 Å². The van der Waals surface area contributed by atoms with Crippen LogP contribution in [-0.2, 0) is 11.0 Å². The maximum atomic E-state index is 13.2. The summed E-state index contributed by atoms with van der Waals surface area (Å²) in [5, 5.41) is 1.48. The molecule has 0 saturated carbocycles. The van der Waals surface area contributed by atoms with Crippen LogP contribution in [0.4, 0.5) is 27.6 Å². The van der Waals surface area contributed by atoms with E-state index in [2.05, 4.69) is 5.32 Å². The minimum Gasteiger partial charge on any atom is -0.324 e. The molecule has 0 saturated heterocycles. The van der Waals surface area contributed by atoms with E-state index in [1.165, 1.54) is 13.0 Å². The van der Waals surface area contributed by atoms with Gasteiger partial charge < -0.3 is 5.32 Å². The third-order valence-corrected chi connectivity index (χ3v) is 4.55. The van der Waals surface area contributed by atoms with Gasteiger partial charge in [-0.3, -0.25) is 4.79 Å². The largest absolute Gasteiger partial charge is 0.416 e. The molecule has 2 nitrogen and oxygen atoms in total. The van der Waals surface area contributed by atoms with Crippen LogP contribution in [0.25, 0.3) is 0 Å². The van der Waals surface area contributed by atoms with Gasteiger partial charge in [0.05, 0.1) is 21.5 Å². The number of rotatable bonds is 4. The van der Waals surface area contributed by atoms with E-state index in [0.29, 0.717) is 4.90 Å². The number of halogens is 6. The molecule has 2 aromatic carbocycles. The van der Waals surface area contributed by atoms with Crippen molar-refractivity contribution in [3.8, 4) is 0 Å². The van der Waals surface area contributed by atoms with Crippen LogP contribution < -0.4 is 5.32 Å². The third-order valence-electron chi connectivity index (χ3n) is 3.12. The fraction of sp³-hybridized carbons (Fsp3) is 0.188. The van der Waals surface area contributed by atoms with Gasteiger partial charge in [0.25, 0.3) is 0 Å². The van der Waals surface area contributed by atoms with E-state index in [4.69, 9.17) is 11.6 Å². The van der Waals surface area contributed by atoms with E-state index in [1.807, 2.05) is 0 Å². The predicted molar refractivity (Wildman–Crippen MR) is 86.8 cm³/mol. The lowest BCUT2D eigenvalue weighted by Crippen LogP contribution is -2.23. The van der Waals surface area contributed by atoms with Crippen molar-refractivity contribution in [2.45, 2.75) is 23.2 Å². The van der Waals surface area contributed by atoms with Gasteiger partial charge in [0.2, 0.25) is 5.91 Å². The molecule has 1 amide bonds. The summed E-state index contributed by atoms with van der Waals surface area (Å²) < 4.78 is 64.2. The van der Waals surface area contributed by atoms with E-state index < -0.39 is 34.5 Å². The number of hydrogen-bond donors (Lipinski definition) is 1. The Hall–Kier alpha value is -1.80. The Labute approximate surface area is 149 Å². The molecule has 0 unspecified atom stereocenters. The van der Waals surface area contributed by atoms with Crippen molar-refractivity contribution in [2.75, 3.05) is 5.32 Å². The molecule has 25 heavy (non-hydrogen) atoms. The lowest BCUT2D eigenvalue weighted by molar-refractivity contribution is -0.137. The molecule has 2 rings (SSSR count). The van der Waals surface area contributed by atoms with Gasteiger partial charge in [0.1, 0.15) is 0 Å². The summed E-state index contributed by atoms with van der Waals surface area (Å²) in [4.78, 5) is 12.4. The second kappa shape index (κ2) is 7.61. The number of anilines is 1. The molecule has 0 heterocycles. The molecule has 0 fully saturated rings. The van der Waals surface area contributed by atoms with E-state index in [0.717, 1.165) is 42.1 Å². The summed E-state index contributed by atoms with van der Waals surface area (Å²) in [7, 11) is 0. The molecule has 1 N–H and O–H groups in total. The Morgan fingerprint density at radius 1 is 1.12 bits per heavy atom. The molecule has 0 aliphatic carbocycles. The minimum atomic E-state index is -4.57. The summed E-state index contributed by atoms with van der Waals surface area (Å²) in [6, 6.07) is 5.72. The first-order chi connectivity index (χ1) is 11.6. The van der Waals surface area contributed by atoms with Gasteiger partial charge in [-0.05, 0) is 43.3 Å². The van der Waals surface area contributed by atoms with Gasteiger partial charge in [-0.2, -0.15) is 13.2 Å². The molecule has 134 valence electrons. The van der Waals surface area contributed by atoms with Crippen LogP contribution in [0.1, 0.15) is 12.5 Å². The van der Waals surface area contributed by atoms with Crippen molar-refractivity contribution in [1.29, 1.82) is 0 Å². The van der Waals surface area contributed by atoms with Crippen LogP contribution in [0.2, 0.25) is 5.02 Å². The van der Waals surface area contributed by atoms with Gasteiger partial charge in [-0.25, -0.2) is 8.78 Å². The predicted octanol–water partition coefficient (Wildman–Crippen LogP) is 5.76. The molecular formula is C16H11ClF5NOS. The number of benzene rings is 2. The van der Waals surface area contributed by atoms with Crippen LogP contribution in [-0.4, -0.2) is 11.2 Å². The van der Waals surface area contributed by atoms with Crippen molar-refractivity contribution in [3.63, 3.8) is 0 Å². The fourth-order valence-corrected chi connectivity index (χ4v) is 2.90. The molecular weight excluding hydrogens is 385 g/mol. The highest BCUT2D eigenvalue weighted by atomic mass is 35.5. The Morgan fingerprint density at radius 3 is 2.40 bits per heavy atom. The maximum Gasteiger partial charge on any atom is 0.416 e. The number of amides is 1. The van der Waals surface area contributed by atoms with E-state index in [-0.39, 0.29) is 10.7 Å². The molecule has 0 aliphatic heterocycles. The molecule has 0 aromatic heterocycles. The maximum absolute atomic E-state index is 13.2. The first-order valence-corrected chi connectivity index (χ1v) is 8.13. The molecule has 9 heteroatoms. The molecule has 1 atom stereocenters. The number of hydrogen-bond acceptors (Lipinski definition) is 2. The Morgan fingerprint density at radius 2 is 1.80 bits per heavy atom. The summed E-state index contributed by atoms with van der Waals surface area (Å²) in [5.74, 6) is -2.70. The SMILES string of the molecule is C[C@@H](Sc1ccc(F)c(F)c1)C(=O)Nc1cc(C(F)(F)F)ccc1Cl. The first-order valence-electron chi connectivity index (χ1n) is 6.87. The normalized spacial score (nSPS) is 12.8. The average molecular weight is 396 g/mol. The summed E-state index contributed by atoms with van der Waals surface area (Å²) >= 11 is 6.74. The highest BCUT2D eigenvalue weighted by Gasteiger charge is 2.31. The average Bonchev–Trinajstić information content (AvgIpc) is 2.51. The standard InChI is InChI=1S/C16H11ClF5NOS/c1-8(25-10-3-5-12(18)13(19)7-10)15(24)23-14-6-9(16(20,21)22)2-4-11(14)17/h2-8H,1H3,(H,23,24)/t8-/m1/s1. The third kappa shape index (κ3) is 5.09. The van der Waals surface area contributed by atoms with Crippen molar-refractivity contribution in [2.24, 2.45) is 0 Å². The van der Waals surface area contributed by atoms with Gasteiger partial charge in [0, 0.05) is 4.90 Å².